The average Bonchev–Trinajstić information content (AvgIpc) is 2.53. The first-order valence-corrected chi connectivity index (χ1v) is 9.60. The first-order valence-electron chi connectivity index (χ1n) is 9.60. The Kier molecular flexibility index (Phi) is 12.0. The van der Waals surface area contributed by atoms with E-state index in [9.17, 15) is 0 Å². The second kappa shape index (κ2) is 13.3. The van der Waals surface area contributed by atoms with Crippen LogP contribution in [-0.2, 0) is 0 Å². The Morgan fingerprint density at radius 1 is 0.864 bits per heavy atom. The summed E-state index contributed by atoms with van der Waals surface area (Å²) in [5.74, 6) is 0. The molecule has 132 valence electrons. The summed E-state index contributed by atoms with van der Waals surface area (Å²) in [6, 6.07) is 0. The molecule has 0 spiro atoms. The lowest BCUT2D eigenvalue weighted by Gasteiger charge is -2.29. The monoisotopic (exact) mass is 312 g/mol. The molecule has 0 atom stereocenters. The molecule has 0 aromatic rings. The maximum absolute atomic E-state index is 3.57. The van der Waals surface area contributed by atoms with E-state index in [0.29, 0.717) is 0 Å². The standard InChI is InChI=1S/C18H40N4/c1-4-6-12-21(13-7-5-2)17-18-22-14-8-11-20(3)15-9-19-10-16-22/h19H,4-18H2,1-3H3. The molecular weight excluding hydrogens is 272 g/mol. The Morgan fingerprint density at radius 3 is 2.23 bits per heavy atom. The summed E-state index contributed by atoms with van der Waals surface area (Å²) >= 11 is 0. The molecule has 0 unspecified atom stereocenters. The van der Waals surface area contributed by atoms with Crippen LogP contribution >= 0.6 is 0 Å². The third-order valence-corrected chi connectivity index (χ3v) is 4.68. The van der Waals surface area contributed by atoms with Gasteiger partial charge in [-0.15, -0.1) is 0 Å². The zero-order valence-electron chi connectivity index (χ0n) is 15.4. The van der Waals surface area contributed by atoms with Crippen molar-refractivity contribution in [3.8, 4) is 0 Å². The van der Waals surface area contributed by atoms with Gasteiger partial charge in [0.1, 0.15) is 0 Å². The number of hydrogen-bond acceptors (Lipinski definition) is 4. The van der Waals surface area contributed by atoms with E-state index in [0.717, 1.165) is 13.1 Å². The molecule has 0 amide bonds. The molecule has 1 rings (SSSR count). The van der Waals surface area contributed by atoms with E-state index in [-0.39, 0.29) is 0 Å². The quantitative estimate of drug-likeness (QED) is 0.704. The van der Waals surface area contributed by atoms with Crippen LogP contribution in [0.25, 0.3) is 0 Å². The lowest BCUT2D eigenvalue weighted by molar-refractivity contribution is 0.186. The van der Waals surface area contributed by atoms with Crippen molar-refractivity contribution in [3.63, 3.8) is 0 Å². The van der Waals surface area contributed by atoms with Crippen LogP contribution in [-0.4, -0.2) is 87.2 Å². The van der Waals surface area contributed by atoms with Gasteiger partial charge in [0.15, 0.2) is 0 Å². The Hall–Kier alpha value is -0.160. The molecule has 4 heteroatoms. The molecule has 1 aliphatic rings. The zero-order chi connectivity index (χ0) is 16.0. The predicted octanol–water partition coefficient (Wildman–Crippen LogP) is 2.12. The Balaban J connectivity index is 2.32. The molecule has 0 saturated carbocycles. The first kappa shape index (κ1) is 19.9. The molecule has 0 aliphatic carbocycles. The Bertz CT molecular complexity index is 239. The van der Waals surface area contributed by atoms with Gasteiger partial charge < -0.3 is 20.0 Å². The molecule has 4 nitrogen and oxygen atoms in total. The van der Waals surface area contributed by atoms with E-state index in [2.05, 4.69) is 40.9 Å². The Labute approximate surface area is 139 Å². The average molecular weight is 313 g/mol. The molecule has 0 aromatic heterocycles. The van der Waals surface area contributed by atoms with E-state index in [1.807, 2.05) is 0 Å². The van der Waals surface area contributed by atoms with Crippen molar-refractivity contribution in [1.29, 1.82) is 0 Å². The van der Waals surface area contributed by atoms with Crippen LogP contribution in [0.1, 0.15) is 46.0 Å². The molecule has 1 heterocycles. The summed E-state index contributed by atoms with van der Waals surface area (Å²) in [5.41, 5.74) is 0. The smallest absolute Gasteiger partial charge is 0.0110 e. The largest absolute Gasteiger partial charge is 0.314 e. The maximum atomic E-state index is 3.57. The summed E-state index contributed by atoms with van der Waals surface area (Å²) in [6.07, 6.45) is 6.61. The number of hydrogen-bond donors (Lipinski definition) is 1. The van der Waals surface area contributed by atoms with Gasteiger partial charge in [-0.1, -0.05) is 26.7 Å². The topological polar surface area (TPSA) is 21.8 Å². The fourth-order valence-corrected chi connectivity index (χ4v) is 3.03. The van der Waals surface area contributed by atoms with E-state index in [1.54, 1.807) is 0 Å². The van der Waals surface area contributed by atoms with Crippen LogP contribution < -0.4 is 5.32 Å². The van der Waals surface area contributed by atoms with Crippen molar-refractivity contribution in [2.24, 2.45) is 0 Å². The third-order valence-electron chi connectivity index (χ3n) is 4.68. The highest BCUT2D eigenvalue weighted by Crippen LogP contribution is 2.01. The third kappa shape index (κ3) is 9.78. The molecule has 1 saturated heterocycles. The van der Waals surface area contributed by atoms with E-state index in [1.165, 1.54) is 84.5 Å². The number of likely N-dealkylation sites (N-methyl/N-ethyl adjacent to an activating group) is 1. The number of nitrogens with zero attached hydrogens (tertiary/aromatic N) is 3. The fraction of sp³-hybridized carbons (Fsp3) is 1.00. The van der Waals surface area contributed by atoms with Gasteiger partial charge in [0.2, 0.25) is 0 Å². The molecule has 0 aromatic carbocycles. The fourth-order valence-electron chi connectivity index (χ4n) is 3.03. The van der Waals surface area contributed by atoms with Gasteiger partial charge in [-0.3, -0.25) is 0 Å². The molecule has 0 radical (unpaired) electrons. The van der Waals surface area contributed by atoms with Crippen molar-refractivity contribution < 1.29 is 0 Å². The van der Waals surface area contributed by atoms with Gasteiger partial charge in [-0.25, -0.2) is 0 Å². The molecule has 1 fully saturated rings. The van der Waals surface area contributed by atoms with Crippen LogP contribution in [0.4, 0.5) is 0 Å². The van der Waals surface area contributed by atoms with Crippen LogP contribution in [0, 0.1) is 0 Å². The van der Waals surface area contributed by atoms with Crippen molar-refractivity contribution in [2.75, 3.05) is 72.5 Å². The molecule has 0 bridgehead atoms. The van der Waals surface area contributed by atoms with Crippen LogP contribution in [0.15, 0.2) is 0 Å². The van der Waals surface area contributed by atoms with Crippen LogP contribution in [0.5, 0.6) is 0 Å². The summed E-state index contributed by atoms with van der Waals surface area (Å²) in [5, 5.41) is 3.57. The first-order chi connectivity index (χ1) is 10.8. The minimum atomic E-state index is 1.13. The highest BCUT2D eigenvalue weighted by molar-refractivity contribution is 4.68. The van der Waals surface area contributed by atoms with Crippen LogP contribution in [0.2, 0.25) is 0 Å². The number of unbranched alkanes of at least 4 members (excludes halogenated alkanes) is 2. The van der Waals surface area contributed by atoms with Crippen LogP contribution in [0.3, 0.4) is 0 Å². The summed E-state index contributed by atoms with van der Waals surface area (Å²) < 4.78 is 0. The van der Waals surface area contributed by atoms with Gasteiger partial charge in [0.05, 0.1) is 0 Å². The summed E-state index contributed by atoms with van der Waals surface area (Å²) in [4.78, 5) is 7.80. The van der Waals surface area contributed by atoms with Crippen molar-refractivity contribution >= 4 is 0 Å². The predicted molar refractivity (Wildman–Crippen MR) is 97.7 cm³/mol. The molecule has 1 aliphatic heterocycles. The van der Waals surface area contributed by atoms with Gasteiger partial charge in [-0.05, 0) is 52.5 Å². The van der Waals surface area contributed by atoms with E-state index < -0.39 is 0 Å². The minimum absolute atomic E-state index is 1.13. The highest BCUT2D eigenvalue weighted by Gasteiger charge is 2.10. The molecule has 22 heavy (non-hydrogen) atoms. The van der Waals surface area contributed by atoms with Gasteiger partial charge in [-0.2, -0.15) is 0 Å². The minimum Gasteiger partial charge on any atom is -0.314 e. The molecular formula is C18H40N4. The van der Waals surface area contributed by atoms with Gasteiger partial charge in [0, 0.05) is 39.3 Å². The van der Waals surface area contributed by atoms with Gasteiger partial charge in [0.25, 0.3) is 0 Å². The van der Waals surface area contributed by atoms with E-state index >= 15 is 0 Å². The lowest BCUT2D eigenvalue weighted by Crippen LogP contribution is -2.42. The highest BCUT2D eigenvalue weighted by atomic mass is 15.2. The lowest BCUT2D eigenvalue weighted by atomic mass is 10.2. The second-order valence-corrected chi connectivity index (χ2v) is 6.80. The normalized spacial score (nSPS) is 19.6. The van der Waals surface area contributed by atoms with Crippen molar-refractivity contribution in [1.82, 2.24) is 20.0 Å². The van der Waals surface area contributed by atoms with Crippen molar-refractivity contribution in [2.45, 2.75) is 46.0 Å². The summed E-state index contributed by atoms with van der Waals surface area (Å²) in [7, 11) is 2.24. The summed E-state index contributed by atoms with van der Waals surface area (Å²) in [6.45, 7) is 16.8. The SMILES string of the molecule is CCCCN(CCCC)CCN1CCCN(C)CCNCC1. The maximum Gasteiger partial charge on any atom is 0.0110 e. The van der Waals surface area contributed by atoms with E-state index in [4.69, 9.17) is 0 Å². The van der Waals surface area contributed by atoms with Crippen molar-refractivity contribution in [3.05, 3.63) is 0 Å². The second-order valence-electron chi connectivity index (χ2n) is 6.80. The molecule has 1 N–H and O–H groups in total. The Morgan fingerprint density at radius 2 is 1.55 bits per heavy atom. The van der Waals surface area contributed by atoms with Gasteiger partial charge >= 0.3 is 0 Å². The number of rotatable bonds is 9. The number of nitrogens with one attached hydrogen (secondary N) is 1. The zero-order valence-corrected chi connectivity index (χ0v) is 15.4.